The maximum absolute atomic E-state index is 6.35. The molecule has 4 rings (SSSR count). The summed E-state index contributed by atoms with van der Waals surface area (Å²) in [7, 11) is 0. The van der Waals surface area contributed by atoms with Crippen LogP contribution in [0.3, 0.4) is 0 Å². The third-order valence-electron chi connectivity index (χ3n) is 5.64. The first kappa shape index (κ1) is 16.7. The van der Waals surface area contributed by atoms with E-state index in [0.29, 0.717) is 12.0 Å². The van der Waals surface area contributed by atoms with Gasteiger partial charge in [0.05, 0.1) is 11.2 Å². The van der Waals surface area contributed by atoms with Gasteiger partial charge in [0, 0.05) is 37.6 Å². The van der Waals surface area contributed by atoms with E-state index in [2.05, 4.69) is 40.8 Å². The van der Waals surface area contributed by atoms with E-state index in [9.17, 15) is 0 Å². The van der Waals surface area contributed by atoms with Crippen molar-refractivity contribution in [2.75, 3.05) is 13.1 Å². The number of hydrogen-bond acceptors (Lipinski definition) is 3. The van der Waals surface area contributed by atoms with E-state index in [0.717, 1.165) is 25.6 Å². The van der Waals surface area contributed by atoms with E-state index in [1.165, 1.54) is 42.4 Å². The SMILES string of the molecule is CCn1nc(CN2CC3CCCC(N)C3C2)c2ccccc21.Cl. The minimum atomic E-state index is 0. The number of rotatable bonds is 3. The highest BCUT2D eigenvalue weighted by Crippen LogP contribution is 2.36. The number of para-hydroxylation sites is 1. The van der Waals surface area contributed by atoms with Crippen molar-refractivity contribution in [1.82, 2.24) is 14.7 Å². The lowest BCUT2D eigenvalue weighted by Crippen LogP contribution is -2.38. The first-order valence-electron chi connectivity index (χ1n) is 8.68. The molecule has 126 valence electrons. The first-order valence-corrected chi connectivity index (χ1v) is 8.68. The van der Waals surface area contributed by atoms with Crippen LogP contribution in [0, 0.1) is 11.8 Å². The number of aromatic nitrogens is 2. The van der Waals surface area contributed by atoms with Crippen molar-refractivity contribution in [3.8, 4) is 0 Å². The highest BCUT2D eigenvalue weighted by atomic mass is 35.5. The van der Waals surface area contributed by atoms with E-state index in [-0.39, 0.29) is 12.4 Å². The first-order chi connectivity index (χ1) is 10.8. The molecule has 23 heavy (non-hydrogen) atoms. The van der Waals surface area contributed by atoms with Crippen LogP contribution in [0.1, 0.15) is 31.9 Å². The summed E-state index contributed by atoms with van der Waals surface area (Å²) >= 11 is 0. The zero-order valence-corrected chi connectivity index (χ0v) is 14.6. The Morgan fingerprint density at radius 2 is 2.04 bits per heavy atom. The third kappa shape index (κ3) is 3.00. The molecule has 0 radical (unpaired) electrons. The summed E-state index contributed by atoms with van der Waals surface area (Å²) in [5, 5.41) is 6.16. The van der Waals surface area contributed by atoms with E-state index in [4.69, 9.17) is 10.8 Å². The molecule has 3 atom stereocenters. The predicted octanol–water partition coefficient (Wildman–Crippen LogP) is 3.04. The fraction of sp³-hybridized carbons (Fsp3) is 0.611. The second-order valence-electron chi connectivity index (χ2n) is 6.99. The summed E-state index contributed by atoms with van der Waals surface area (Å²) < 4.78 is 2.12. The number of likely N-dealkylation sites (tertiary alicyclic amines) is 1. The molecule has 1 aliphatic heterocycles. The van der Waals surface area contributed by atoms with Crippen LogP contribution in [-0.2, 0) is 13.1 Å². The number of nitrogens with two attached hydrogens (primary N) is 1. The maximum Gasteiger partial charge on any atom is 0.0843 e. The highest BCUT2D eigenvalue weighted by molar-refractivity contribution is 5.85. The smallest absolute Gasteiger partial charge is 0.0843 e. The second kappa shape index (κ2) is 6.80. The van der Waals surface area contributed by atoms with Crippen molar-refractivity contribution in [1.29, 1.82) is 0 Å². The average molecular weight is 335 g/mol. The molecule has 2 heterocycles. The Labute approximate surface area is 144 Å². The second-order valence-corrected chi connectivity index (χ2v) is 6.99. The van der Waals surface area contributed by atoms with Gasteiger partial charge in [0.1, 0.15) is 0 Å². The molecular weight excluding hydrogens is 308 g/mol. The Bertz CT molecular complexity index is 668. The van der Waals surface area contributed by atoms with Crippen LogP contribution in [-0.4, -0.2) is 33.8 Å². The summed E-state index contributed by atoms with van der Waals surface area (Å²) in [6.07, 6.45) is 3.88. The average Bonchev–Trinajstić information content (AvgIpc) is 3.10. The number of benzene rings is 1. The van der Waals surface area contributed by atoms with Crippen molar-refractivity contribution in [3.63, 3.8) is 0 Å². The van der Waals surface area contributed by atoms with Crippen LogP contribution in [0.5, 0.6) is 0 Å². The van der Waals surface area contributed by atoms with Crippen LogP contribution in [0.25, 0.3) is 10.9 Å². The Morgan fingerprint density at radius 1 is 1.22 bits per heavy atom. The molecule has 1 aromatic carbocycles. The molecule has 0 spiro atoms. The zero-order valence-electron chi connectivity index (χ0n) is 13.8. The molecule has 3 unspecified atom stereocenters. The monoisotopic (exact) mass is 334 g/mol. The van der Waals surface area contributed by atoms with Gasteiger partial charge in [-0.15, -0.1) is 12.4 Å². The molecule has 2 N–H and O–H groups in total. The van der Waals surface area contributed by atoms with Crippen molar-refractivity contribution < 1.29 is 0 Å². The molecule has 5 heteroatoms. The van der Waals surface area contributed by atoms with Crippen LogP contribution in [0.15, 0.2) is 24.3 Å². The zero-order chi connectivity index (χ0) is 15.1. The van der Waals surface area contributed by atoms with Gasteiger partial charge in [-0.3, -0.25) is 9.58 Å². The lowest BCUT2D eigenvalue weighted by atomic mass is 9.78. The lowest BCUT2D eigenvalue weighted by molar-refractivity contribution is 0.259. The molecule has 2 aromatic rings. The minimum absolute atomic E-state index is 0. The molecule has 1 saturated carbocycles. The van der Waals surface area contributed by atoms with E-state index < -0.39 is 0 Å². The van der Waals surface area contributed by atoms with Gasteiger partial charge < -0.3 is 5.73 Å². The van der Waals surface area contributed by atoms with Gasteiger partial charge in [-0.05, 0) is 37.7 Å². The van der Waals surface area contributed by atoms with Gasteiger partial charge in [0.2, 0.25) is 0 Å². The fourth-order valence-corrected chi connectivity index (χ4v) is 4.50. The fourth-order valence-electron chi connectivity index (χ4n) is 4.50. The lowest BCUT2D eigenvalue weighted by Gasteiger charge is -2.29. The van der Waals surface area contributed by atoms with E-state index in [1.54, 1.807) is 0 Å². The summed E-state index contributed by atoms with van der Waals surface area (Å²) in [4.78, 5) is 2.58. The van der Waals surface area contributed by atoms with Gasteiger partial charge >= 0.3 is 0 Å². The number of fused-ring (bicyclic) bond motifs is 2. The maximum atomic E-state index is 6.35. The number of hydrogen-bond donors (Lipinski definition) is 1. The summed E-state index contributed by atoms with van der Waals surface area (Å²) in [5.41, 5.74) is 8.83. The normalized spacial score (nSPS) is 27.8. The Hall–Kier alpha value is -1.10. The summed E-state index contributed by atoms with van der Waals surface area (Å²) in [5.74, 6) is 1.51. The van der Waals surface area contributed by atoms with E-state index in [1.807, 2.05) is 0 Å². The van der Waals surface area contributed by atoms with Crippen molar-refractivity contribution in [2.45, 2.75) is 45.3 Å². The molecule has 0 bridgehead atoms. The van der Waals surface area contributed by atoms with Gasteiger partial charge in [0.25, 0.3) is 0 Å². The predicted molar refractivity (Wildman–Crippen MR) is 96.7 cm³/mol. The van der Waals surface area contributed by atoms with Gasteiger partial charge in [-0.25, -0.2) is 0 Å². The number of aryl methyl sites for hydroxylation is 1. The molecule has 2 fully saturated rings. The molecule has 4 nitrogen and oxygen atoms in total. The van der Waals surface area contributed by atoms with Gasteiger partial charge in [-0.1, -0.05) is 24.6 Å². The Morgan fingerprint density at radius 3 is 2.83 bits per heavy atom. The van der Waals surface area contributed by atoms with Crippen LogP contribution in [0.2, 0.25) is 0 Å². The van der Waals surface area contributed by atoms with Crippen LogP contribution < -0.4 is 5.73 Å². The number of halogens is 1. The topological polar surface area (TPSA) is 47.1 Å². The quantitative estimate of drug-likeness (QED) is 0.938. The van der Waals surface area contributed by atoms with Crippen LogP contribution in [0.4, 0.5) is 0 Å². The third-order valence-corrected chi connectivity index (χ3v) is 5.64. The molecule has 2 aliphatic rings. The Kier molecular flexibility index (Phi) is 4.95. The van der Waals surface area contributed by atoms with Crippen molar-refractivity contribution in [3.05, 3.63) is 30.0 Å². The van der Waals surface area contributed by atoms with E-state index >= 15 is 0 Å². The summed E-state index contributed by atoms with van der Waals surface area (Å²) in [6, 6.07) is 9.01. The van der Waals surface area contributed by atoms with Gasteiger partial charge in [0.15, 0.2) is 0 Å². The van der Waals surface area contributed by atoms with Crippen LogP contribution >= 0.6 is 12.4 Å². The largest absolute Gasteiger partial charge is 0.327 e. The van der Waals surface area contributed by atoms with Crippen molar-refractivity contribution in [2.24, 2.45) is 17.6 Å². The minimum Gasteiger partial charge on any atom is -0.327 e. The molecule has 1 aromatic heterocycles. The molecule has 0 amide bonds. The summed E-state index contributed by atoms with van der Waals surface area (Å²) in [6.45, 7) is 6.40. The standard InChI is InChI=1S/C18H26N4.ClH/c1-2-22-18-9-4-3-7-14(18)17(20-22)12-21-10-13-6-5-8-16(19)15(13)11-21;/h3-4,7,9,13,15-16H,2,5-6,8,10-12,19H2,1H3;1H. The molecule has 1 saturated heterocycles. The van der Waals surface area contributed by atoms with Crippen molar-refractivity contribution >= 4 is 23.3 Å². The Balaban J connectivity index is 0.00000156. The van der Waals surface area contributed by atoms with Gasteiger partial charge in [-0.2, -0.15) is 5.10 Å². The number of nitrogens with zero attached hydrogens (tertiary/aromatic N) is 3. The highest BCUT2D eigenvalue weighted by Gasteiger charge is 2.38. The molecular formula is C18H27ClN4. The molecule has 1 aliphatic carbocycles.